The SMILES string of the molecule is PSc1ccccc1. The molecule has 0 saturated heterocycles. The van der Waals surface area contributed by atoms with Gasteiger partial charge in [0.15, 0.2) is 0 Å². The molecule has 0 heterocycles. The zero-order valence-electron chi connectivity index (χ0n) is 4.37. The van der Waals surface area contributed by atoms with Crippen LogP contribution in [-0.2, 0) is 0 Å². The van der Waals surface area contributed by atoms with Crippen molar-refractivity contribution in [1.29, 1.82) is 0 Å². The van der Waals surface area contributed by atoms with Crippen molar-refractivity contribution in [2.75, 3.05) is 0 Å². The lowest BCUT2D eigenvalue weighted by atomic mass is 10.4. The van der Waals surface area contributed by atoms with Crippen LogP contribution in [0.1, 0.15) is 0 Å². The molecule has 8 heavy (non-hydrogen) atoms. The minimum atomic E-state index is 1.29. The fourth-order valence-corrected chi connectivity index (χ4v) is 1.28. The van der Waals surface area contributed by atoms with Gasteiger partial charge in [0, 0.05) is 4.90 Å². The van der Waals surface area contributed by atoms with Crippen molar-refractivity contribution >= 4 is 19.8 Å². The van der Waals surface area contributed by atoms with E-state index in [1.165, 1.54) is 4.90 Å². The van der Waals surface area contributed by atoms with E-state index in [9.17, 15) is 0 Å². The summed E-state index contributed by atoms with van der Waals surface area (Å²) >= 11 is 1.69. The maximum Gasteiger partial charge on any atom is 0.0110 e. The third-order valence-electron chi connectivity index (χ3n) is 0.879. The first kappa shape index (κ1) is 6.12. The Balaban J connectivity index is 2.83. The average Bonchev–Trinajstić information content (AvgIpc) is 1.90. The Bertz CT molecular complexity index is 150. The molecule has 0 saturated carbocycles. The molecule has 0 amide bonds. The predicted octanol–water partition coefficient (Wildman–Crippen LogP) is 2.57. The van der Waals surface area contributed by atoms with Crippen LogP contribution in [-0.4, -0.2) is 0 Å². The van der Waals surface area contributed by atoms with Crippen molar-refractivity contribution in [1.82, 2.24) is 0 Å². The second-order valence-electron chi connectivity index (χ2n) is 1.43. The molecule has 1 aromatic carbocycles. The molecule has 0 N–H and O–H groups in total. The minimum absolute atomic E-state index is 1.29. The van der Waals surface area contributed by atoms with Crippen molar-refractivity contribution in [3.8, 4) is 0 Å². The number of benzene rings is 1. The maximum atomic E-state index is 2.61. The normalized spacial score (nSPS) is 9.12. The molecule has 2 heteroatoms. The molecule has 0 aliphatic carbocycles. The summed E-state index contributed by atoms with van der Waals surface area (Å²) in [6.45, 7) is 0. The van der Waals surface area contributed by atoms with E-state index < -0.39 is 0 Å². The van der Waals surface area contributed by atoms with Gasteiger partial charge in [-0.15, -0.1) is 11.4 Å². The van der Waals surface area contributed by atoms with Gasteiger partial charge in [-0.05, 0) is 12.1 Å². The third-order valence-corrected chi connectivity index (χ3v) is 2.24. The highest BCUT2D eigenvalue weighted by molar-refractivity contribution is 8.43. The Morgan fingerprint density at radius 3 is 2.12 bits per heavy atom. The first-order valence-corrected chi connectivity index (χ1v) is 4.64. The van der Waals surface area contributed by atoms with Crippen molar-refractivity contribution in [3.05, 3.63) is 30.3 Å². The summed E-state index contributed by atoms with van der Waals surface area (Å²) in [4.78, 5) is 1.29. The Morgan fingerprint density at radius 1 is 1.12 bits per heavy atom. The number of hydrogen-bond acceptors (Lipinski definition) is 1. The molecule has 1 atom stereocenters. The van der Waals surface area contributed by atoms with E-state index in [1.807, 2.05) is 18.2 Å². The molecular formula is C6H7PS. The Kier molecular flexibility index (Phi) is 2.38. The highest BCUT2D eigenvalue weighted by Crippen LogP contribution is 2.22. The summed E-state index contributed by atoms with van der Waals surface area (Å²) in [5, 5.41) is 0. The van der Waals surface area contributed by atoms with Crippen molar-refractivity contribution in [2.24, 2.45) is 0 Å². The molecule has 0 spiro atoms. The second kappa shape index (κ2) is 3.11. The second-order valence-corrected chi connectivity index (χ2v) is 2.85. The van der Waals surface area contributed by atoms with Crippen LogP contribution < -0.4 is 0 Å². The van der Waals surface area contributed by atoms with E-state index in [1.54, 1.807) is 11.4 Å². The minimum Gasteiger partial charge on any atom is -0.105 e. The number of rotatable bonds is 1. The highest BCUT2D eigenvalue weighted by Gasteiger charge is 1.80. The molecule has 0 aromatic heterocycles. The van der Waals surface area contributed by atoms with Gasteiger partial charge in [0.05, 0.1) is 0 Å². The Morgan fingerprint density at radius 2 is 1.75 bits per heavy atom. The van der Waals surface area contributed by atoms with Gasteiger partial charge < -0.3 is 0 Å². The van der Waals surface area contributed by atoms with E-state index in [-0.39, 0.29) is 0 Å². The van der Waals surface area contributed by atoms with Crippen LogP contribution >= 0.6 is 19.8 Å². The quantitative estimate of drug-likeness (QED) is 0.543. The monoisotopic (exact) mass is 142 g/mol. The van der Waals surface area contributed by atoms with Gasteiger partial charge in [0.25, 0.3) is 0 Å². The van der Waals surface area contributed by atoms with Crippen molar-refractivity contribution < 1.29 is 0 Å². The zero-order valence-corrected chi connectivity index (χ0v) is 6.34. The summed E-state index contributed by atoms with van der Waals surface area (Å²) in [7, 11) is 2.61. The van der Waals surface area contributed by atoms with Gasteiger partial charge in [0.2, 0.25) is 0 Å². The van der Waals surface area contributed by atoms with E-state index in [4.69, 9.17) is 0 Å². The lowest BCUT2D eigenvalue weighted by molar-refractivity contribution is 1.48. The fraction of sp³-hybridized carbons (Fsp3) is 0. The van der Waals surface area contributed by atoms with Crippen LogP contribution in [0.4, 0.5) is 0 Å². The van der Waals surface area contributed by atoms with Crippen LogP contribution in [0.3, 0.4) is 0 Å². The van der Waals surface area contributed by atoms with Gasteiger partial charge >= 0.3 is 0 Å². The molecule has 1 aromatic rings. The molecule has 0 aliphatic heterocycles. The third kappa shape index (κ3) is 1.50. The standard InChI is InChI=1S/C6H7PS/c7-8-6-4-2-1-3-5-6/h1-5H,7H2. The van der Waals surface area contributed by atoms with E-state index in [0.29, 0.717) is 0 Å². The molecule has 1 unspecified atom stereocenters. The molecular weight excluding hydrogens is 135 g/mol. The van der Waals surface area contributed by atoms with E-state index in [0.717, 1.165) is 0 Å². The summed E-state index contributed by atoms with van der Waals surface area (Å²) in [6.07, 6.45) is 0. The summed E-state index contributed by atoms with van der Waals surface area (Å²) in [5.74, 6) is 0. The molecule has 1 rings (SSSR count). The summed E-state index contributed by atoms with van der Waals surface area (Å²) < 4.78 is 0. The van der Waals surface area contributed by atoms with Crippen LogP contribution in [0.25, 0.3) is 0 Å². The largest absolute Gasteiger partial charge is 0.105 e. The average molecular weight is 142 g/mol. The summed E-state index contributed by atoms with van der Waals surface area (Å²) in [6, 6.07) is 10.2. The van der Waals surface area contributed by atoms with E-state index >= 15 is 0 Å². The van der Waals surface area contributed by atoms with Gasteiger partial charge in [-0.3, -0.25) is 0 Å². The maximum absolute atomic E-state index is 2.61. The van der Waals surface area contributed by atoms with Crippen LogP contribution in [0.2, 0.25) is 0 Å². The number of hydrogen-bond donors (Lipinski definition) is 0. The molecule has 0 radical (unpaired) electrons. The van der Waals surface area contributed by atoms with Gasteiger partial charge in [-0.25, -0.2) is 0 Å². The van der Waals surface area contributed by atoms with Gasteiger partial charge in [-0.2, -0.15) is 0 Å². The Hall–Kier alpha value is 0. The van der Waals surface area contributed by atoms with E-state index in [2.05, 4.69) is 20.6 Å². The molecule has 0 nitrogen and oxygen atoms in total. The Labute approximate surface area is 55.6 Å². The predicted molar refractivity (Wildman–Crippen MR) is 42.0 cm³/mol. The van der Waals surface area contributed by atoms with Crippen LogP contribution in [0.15, 0.2) is 35.2 Å². The van der Waals surface area contributed by atoms with Gasteiger partial charge in [0.1, 0.15) is 0 Å². The molecule has 42 valence electrons. The van der Waals surface area contributed by atoms with Crippen LogP contribution in [0.5, 0.6) is 0 Å². The smallest absolute Gasteiger partial charge is 0.0110 e. The van der Waals surface area contributed by atoms with Gasteiger partial charge in [-0.1, -0.05) is 26.6 Å². The van der Waals surface area contributed by atoms with Crippen LogP contribution in [0, 0.1) is 0 Å². The molecule has 0 bridgehead atoms. The van der Waals surface area contributed by atoms with Crippen molar-refractivity contribution in [2.45, 2.75) is 4.90 Å². The fourth-order valence-electron chi connectivity index (χ4n) is 0.499. The molecule has 0 aliphatic rings. The topological polar surface area (TPSA) is 0 Å². The lowest BCUT2D eigenvalue weighted by Gasteiger charge is -1.89. The van der Waals surface area contributed by atoms with Crippen molar-refractivity contribution in [3.63, 3.8) is 0 Å². The molecule has 0 fully saturated rings. The summed E-state index contributed by atoms with van der Waals surface area (Å²) in [5.41, 5.74) is 0. The lowest BCUT2D eigenvalue weighted by Crippen LogP contribution is -1.59. The first-order chi connectivity index (χ1) is 3.93. The zero-order chi connectivity index (χ0) is 5.82. The first-order valence-electron chi connectivity index (χ1n) is 2.35. The highest BCUT2D eigenvalue weighted by atomic mass is 32.7.